The molecule has 1 atom stereocenters. The molecule has 0 spiro atoms. The lowest BCUT2D eigenvalue weighted by Crippen LogP contribution is -2.57. The van der Waals surface area contributed by atoms with Crippen LogP contribution in [0, 0.1) is 0 Å². The summed E-state index contributed by atoms with van der Waals surface area (Å²) in [7, 11) is 2.12. The largest absolute Gasteiger partial charge is 0.517 e. The number of hydrogen-bond donors (Lipinski definition) is 1. The van der Waals surface area contributed by atoms with Crippen LogP contribution in [-0.2, 0) is 13.3 Å². The molecule has 4 nitrogen and oxygen atoms in total. The maximum absolute atomic E-state index is 5.59. The zero-order valence-electron chi connectivity index (χ0n) is 9.00. The van der Waals surface area contributed by atoms with Gasteiger partial charge in [-0.25, -0.2) is 0 Å². The van der Waals surface area contributed by atoms with E-state index in [-0.39, 0.29) is 5.67 Å². The summed E-state index contributed by atoms with van der Waals surface area (Å²) in [6, 6.07) is 0. The molecule has 80 valence electrons. The Kier molecular flexibility index (Phi) is 6.53. The molecule has 1 aliphatic rings. The quantitative estimate of drug-likeness (QED) is 0.697. The molecule has 0 heterocycles. The van der Waals surface area contributed by atoms with Crippen molar-refractivity contribution in [3.05, 3.63) is 0 Å². The van der Waals surface area contributed by atoms with Gasteiger partial charge < -0.3 is 19.0 Å². The zero-order valence-corrected chi connectivity index (χ0v) is 10.0. The van der Waals surface area contributed by atoms with Gasteiger partial charge in [0.25, 0.3) is 0 Å². The SMILES string of the molecule is C1CC1.CO[Si](OC)(OC)C(C)N. The number of rotatable bonds is 4. The van der Waals surface area contributed by atoms with E-state index in [1.807, 2.05) is 6.92 Å². The summed E-state index contributed by atoms with van der Waals surface area (Å²) in [4.78, 5) is 0. The monoisotopic (exact) mass is 207 g/mol. The lowest BCUT2D eigenvalue weighted by molar-refractivity contribution is 0.115. The van der Waals surface area contributed by atoms with Crippen molar-refractivity contribution in [1.82, 2.24) is 0 Å². The van der Waals surface area contributed by atoms with Gasteiger partial charge in [-0.1, -0.05) is 19.3 Å². The van der Waals surface area contributed by atoms with Crippen molar-refractivity contribution in [3.8, 4) is 0 Å². The van der Waals surface area contributed by atoms with E-state index in [9.17, 15) is 0 Å². The van der Waals surface area contributed by atoms with Crippen LogP contribution in [0.15, 0.2) is 0 Å². The van der Waals surface area contributed by atoms with E-state index in [1.54, 1.807) is 21.3 Å². The Bertz CT molecular complexity index is 116. The van der Waals surface area contributed by atoms with Crippen molar-refractivity contribution in [1.29, 1.82) is 0 Å². The smallest absolute Gasteiger partial charge is 0.376 e. The van der Waals surface area contributed by atoms with Gasteiger partial charge in [-0.3, -0.25) is 0 Å². The van der Waals surface area contributed by atoms with Gasteiger partial charge in [0.2, 0.25) is 0 Å². The zero-order chi connectivity index (χ0) is 10.3. The second-order valence-electron chi connectivity index (χ2n) is 3.07. The summed E-state index contributed by atoms with van der Waals surface area (Å²) in [5.41, 5.74) is 5.40. The van der Waals surface area contributed by atoms with Crippen LogP contribution in [0.25, 0.3) is 0 Å². The predicted octanol–water partition coefficient (Wildman–Crippen LogP) is 0.921. The molecule has 0 radical (unpaired) electrons. The Hall–Kier alpha value is 0.0569. The number of hydrogen-bond acceptors (Lipinski definition) is 4. The van der Waals surface area contributed by atoms with Crippen LogP contribution in [0.1, 0.15) is 26.2 Å². The standard InChI is InChI=1S/C5H15NO3Si.C3H6/c1-5(6)10(7-2,8-3)9-4;1-2-3-1/h5H,6H2,1-4H3;1-3H2. The summed E-state index contributed by atoms with van der Waals surface area (Å²) in [6.45, 7) is 1.81. The van der Waals surface area contributed by atoms with Gasteiger partial charge in [0.05, 0.1) is 5.67 Å². The van der Waals surface area contributed by atoms with Crippen molar-refractivity contribution in [2.75, 3.05) is 21.3 Å². The van der Waals surface area contributed by atoms with Crippen molar-refractivity contribution in [2.45, 2.75) is 31.9 Å². The highest BCUT2D eigenvalue weighted by atomic mass is 28.4. The van der Waals surface area contributed by atoms with Crippen molar-refractivity contribution in [2.24, 2.45) is 5.73 Å². The first-order valence-corrected chi connectivity index (χ1v) is 6.34. The van der Waals surface area contributed by atoms with E-state index in [4.69, 9.17) is 19.0 Å². The molecule has 1 aliphatic carbocycles. The van der Waals surface area contributed by atoms with Gasteiger partial charge in [-0.15, -0.1) is 0 Å². The molecule has 2 N–H and O–H groups in total. The molecule has 5 heteroatoms. The first kappa shape index (κ1) is 13.1. The van der Waals surface area contributed by atoms with Crippen LogP contribution in [-0.4, -0.2) is 35.8 Å². The second-order valence-corrected chi connectivity index (χ2v) is 6.41. The van der Waals surface area contributed by atoms with E-state index in [0.29, 0.717) is 0 Å². The van der Waals surface area contributed by atoms with Crippen LogP contribution in [0.3, 0.4) is 0 Å². The number of nitrogens with two attached hydrogens (primary N) is 1. The van der Waals surface area contributed by atoms with Crippen LogP contribution in [0.5, 0.6) is 0 Å². The Balaban J connectivity index is 0.000000396. The Labute approximate surface area is 81.7 Å². The fourth-order valence-corrected chi connectivity index (χ4v) is 2.42. The molecule has 1 rings (SSSR count). The van der Waals surface area contributed by atoms with Gasteiger partial charge in [0, 0.05) is 21.3 Å². The summed E-state index contributed by atoms with van der Waals surface area (Å²) in [5, 5.41) is 0. The van der Waals surface area contributed by atoms with E-state index in [0.717, 1.165) is 0 Å². The topological polar surface area (TPSA) is 53.7 Å². The third-order valence-corrected chi connectivity index (χ3v) is 4.59. The van der Waals surface area contributed by atoms with Crippen LogP contribution >= 0.6 is 0 Å². The van der Waals surface area contributed by atoms with Gasteiger partial charge >= 0.3 is 8.80 Å². The fraction of sp³-hybridized carbons (Fsp3) is 1.00. The van der Waals surface area contributed by atoms with Crippen molar-refractivity contribution >= 4 is 8.80 Å². The minimum Gasteiger partial charge on any atom is -0.376 e. The molecule has 0 amide bonds. The third-order valence-electron chi connectivity index (χ3n) is 1.76. The van der Waals surface area contributed by atoms with Gasteiger partial charge in [0.1, 0.15) is 0 Å². The van der Waals surface area contributed by atoms with Gasteiger partial charge in [-0.2, -0.15) is 0 Å². The molecule has 0 bridgehead atoms. The molecule has 0 aromatic heterocycles. The molecule has 1 fully saturated rings. The van der Waals surface area contributed by atoms with Crippen LogP contribution in [0.2, 0.25) is 0 Å². The molecule has 1 saturated carbocycles. The van der Waals surface area contributed by atoms with E-state index < -0.39 is 8.80 Å². The molecular formula is C8H21NO3Si. The average Bonchev–Trinajstić information content (AvgIpc) is 2.94. The first-order chi connectivity index (χ1) is 6.13. The second kappa shape index (κ2) is 6.50. The minimum absolute atomic E-state index is 0.188. The maximum Gasteiger partial charge on any atom is 0.517 e. The van der Waals surface area contributed by atoms with E-state index in [2.05, 4.69) is 0 Å². The first-order valence-electron chi connectivity index (χ1n) is 4.54. The summed E-state index contributed by atoms with van der Waals surface area (Å²) in [5.74, 6) is 0. The highest BCUT2D eigenvalue weighted by molar-refractivity contribution is 6.62. The summed E-state index contributed by atoms with van der Waals surface area (Å²) in [6.07, 6.45) is 4.50. The average molecular weight is 207 g/mol. The molecular weight excluding hydrogens is 186 g/mol. The maximum atomic E-state index is 5.59. The fourth-order valence-electron chi connectivity index (χ4n) is 0.808. The van der Waals surface area contributed by atoms with Crippen molar-refractivity contribution in [3.63, 3.8) is 0 Å². The molecule has 1 unspecified atom stereocenters. The van der Waals surface area contributed by atoms with Gasteiger partial charge in [-0.05, 0) is 6.92 Å². The minimum atomic E-state index is -2.52. The van der Waals surface area contributed by atoms with Gasteiger partial charge in [0.15, 0.2) is 0 Å². The van der Waals surface area contributed by atoms with Crippen molar-refractivity contribution < 1.29 is 13.3 Å². The molecule has 0 aromatic carbocycles. The molecule has 0 aromatic rings. The Morgan fingerprint density at radius 1 is 1.00 bits per heavy atom. The Morgan fingerprint density at radius 3 is 1.31 bits per heavy atom. The third kappa shape index (κ3) is 4.73. The predicted molar refractivity (Wildman–Crippen MR) is 54.3 cm³/mol. The van der Waals surface area contributed by atoms with E-state index >= 15 is 0 Å². The molecule has 13 heavy (non-hydrogen) atoms. The van der Waals surface area contributed by atoms with Crippen LogP contribution in [0.4, 0.5) is 0 Å². The molecule has 0 saturated heterocycles. The highest BCUT2D eigenvalue weighted by Crippen LogP contribution is 2.14. The normalized spacial score (nSPS) is 17.3. The van der Waals surface area contributed by atoms with E-state index in [1.165, 1.54) is 19.3 Å². The molecule has 0 aliphatic heterocycles. The lowest BCUT2D eigenvalue weighted by atomic mass is 10.8. The Morgan fingerprint density at radius 2 is 1.31 bits per heavy atom. The lowest BCUT2D eigenvalue weighted by Gasteiger charge is -2.27. The summed E-state index contributed by atoms with van der Waals surface area (Å²) < 4.78 is 15.2. The summed E-state index contributed by atoms with van der Waals surface area (Å²) >= 11 is 0. The highest BCUT2D eigenvalue weighted by Gasteiger charge is 2.42. The van der Waals surface area contributed by atoms with Crippen LogP contribution < -0.4 is 5.73 Å².